The van der Waals surface area contributed by atoms with Gasteiger partial charge in [0, 0.05) is 22.7 Å². The zero-order chi connectivity index (χ0) is 26.2. The van der Waals surface area contributed by atoms with Crippen molar-refractivity contribution in [3.63, 3.8) is 0 Å². The Morgan fingerprint density at radius 3 is 2.61 bits per heavy atom. The number of hydrogen-bond donors (Lipinski definition) is 0. The number of rotatable bonds is 6. The molecular formula is C29H22N4O5. The lowest BCUT2D eigenvalue weighted by atomic mass is 10.2. The Hall–Kier alpha value is -5.18. The summed E-state index contributed by atoms with van der Waals surface area (Å²) in [7, 11) is 2.94. The number of hydrogen-bond acceptors (Lipinski definition) is 7. The van der Waals surface area contributed by atoms with Gasteiger partial charge in [-0.05, 0) is 36.4 Å². The monoisotopic (exact) mass is 506 g/mol. The maximum Gasteiger partial charge on any atom is 0.325 e. The highest BCUT2D eigenvalue weighted by Crippen LogP contribution is 2.33. The van der Waals surface area contributed by atoms with Crippen molar-refractivity contribution in [2.24, 2.45) is 5.10 Å². The minimum Gasteiger partial charge on any atom is -0.496 e. The van der Waals surface area contributed by atoms with Crippen molar-refractivity contribution in [2.75, 3.05) is 14.2 Å². The molecule has 0 fully saturated rings. The Bertz CT molecular complexity index is 1930. The molecule has 0 saturated carbocycles. The Labute approximate surface area is 216 Å². The van der Waals surface area contributed by atoms with Gasteiger partial charge in [0.15, 0.2) is 5.76 Å². The Kier molecular flexibility index (Phi) is 5.72. The van der Waals surface area contributed by atoms with Gasteiger partial charge in [0.1, 0.15) is 17.9 Å². The number of carbonyl (C=O) groups excluding carboxylic acids is 1. The van der Waals surface area contributed by atoms with E-state index in [2.05, 4.69) is 5.10 Å². The van der Waals surface area contributed by atoms with E-state index in [1.807, 2.05) is 48.5 Å². The van der Waals surface area contributed by atoms with Crippen molar-refractivity contribution in [3.05, 3.63) is 94.9 Å². The predicted molar refractivity (Wildman–Crippen MR) is 145 cm³/mol. The molecule has 6 aromatic rings. The molecule has 0 unspecified atom stereocenters. The van der Waals surface area contributed by atoms with Crippen molar-refractivity contribution in [2.45, 2.75) is 6.54 Å². The van der Waals surface area contributed by atoms with Crippen LogP contribution in [0.4, 0.5) is 0 Å². The first-order valence-electron chi connectivity index (χ1n) is 11.8. The standard InChI is InChI=1S/C29H22N4O5/c1-36-24-12-7-13-25-21(24)14-26(38-25)28-31-22-10-5-3-9-20(22)29(35)33(28)30-15-18-16-32(17-27(34)37-2)23-11-6-4-8-19(18)23/h3-16H,17H2,1-2H3. The molecular weight excluding hydrogens is 484 g/mol. The minimum atomic E-state index is -0.369. The summed E-state index contributed by atoms with van der Waals surface area (Å²) < 4.78 is 19.4. The highest BCUT2D eigenvalue weighted by atomic mass is 16.5. The van der Waals surface area contributed by atoms with Crippen molar-refractivity contribution in [1.82, 2.24) is 14.2 Å². The van der Waals surface area contributed by atoms with Gasteiger partial charge in [-0.2, -0.15) is 9.78 Å². The average Bonchev–Trinajstić information content (AvgIpc) is 3.54. The van der Waals surface area contributed by atoms with Crippen LogP contribution < -0.4 is 10.3 Å². The number of ether oxygens (including phenoxy) is 2. The van der Waals surface area contributed by atoms with E-state index in [4.69, 9.17) is 18.9 Å². The summed E-state index contributed by atoms with van der Waals surface area (Å²) >= 11 is 0. The molecule has 0 aliphatic heterocycles. The topological polar surface area (TPSA) is 101 Å². The number of benzene rings is 3. The van der Waals surface area contributed by atoms with Gasteiger partial charge in [-0.25, -0.2) is 4.98 Å². The number of para-hydroxylation sites is 2. The molecule has 9 nitrogen and oxygen atoms in total. The van der Waals surface area contributed by atoms with Crippen LogP contribution in [0.25, 0.3) is 44.4 Å². The van der Waals surface area contributed by atoms with Crippen molar-refractivity contribution >= 4 is 45.0 Å². The lowest BCUT2D eigenvalue weighted by Gasteiger charge is -2.07. The number of fused-ring (bicyclic) bond motifs is 3. The zero-order valence-corrected chi connectivity index (χ0v) is 20.6. The van der Waals surface area contributed by atoms with E-state index >= 15 is 0 Å². The van der Waals surface area contributed by atoms with Gasteiger partial charge in [-0.3, -0.25) is 9.59 Å². The molecule has 38 heavy (non-hydrogen) atoms. The largest absolute Gasteiger partial charge is 0.496 e. The normalized spacial score (nSPS) is 11.6. The molecule has 0 bridgehead atoms. The van der Waals surface area contributed by atoms with Gasteiger partial charge < -0.3 is 18.5 Å². The number of aromatic nitrogens is 3. The maximum atomic E-state index is 13.6. The van der Waals surface area contributed by atoms with Gasteiger partial charge in [0.05, 0.1) is 36.7 Å². The van der Waals surface area contributed by atoms with E-state index in [1.165, 1.54) is 11.8 Å². The molecule has 3 aromatic carbocycles. The van der Waals surface area contributed by atoms with E-state index in [0.717, 1.165) is 21.9 Å². The van der Waals surface area contributed by atoms with Crippen molar-refractivity contribution in [3.8, 4) is 17.3 Å². The molecule has 0 radical (unpaired) electrons. The Morgan fingerprint density at radius 2 is 1.79 bits per heavy atom. The molecule has 0 amide bonds. The average molecular weight is 507 g/mol. The molecule has 0 aliphatic rings. The number of esters is 1. The zero-order valence-electron chi connectivity index (χ0n) is 20.6. The van der Waals surface area contributed by atoms with E-state index in [0.29, 0.717) is 28.0 Å². The fraction of sp³-hybridized carbons (Fsp3) is 0.103. The maximum absolute atomic E-state index is 13.6. The van der Waals surface area contributed by atoms with E-state index in [1.54, 1.807) is 48.4 Å². The van der Waals surface area contributed by atoms with Gasteiger partial charge in [0.25, 0.3) is 5.56 Å². The first kappa shape index (κ1) is 23.2. The molecule has 0 aliphatic carbocycles. The van der Waals surface area contributed by atoms with Gasteiger partial charge in [-0.15, -0.1) is 0 Å². The Balaban J connectivity index is 1.54. The summed E-state index contributed by atoms with van der Waals surface area (Å²) in [6, 6.07) is 22.0. The predicted octanol–water partition coefficient (Wildman–Crippen LogP) is 4.83. The third kappa shape index (κ3) is 3.90. The van der Waals surface area contributed by atoms with Crippen molar-refractivity contribution in [1.29, 1.82) is 0 Å². The number of methoxy groups -OCH3 is 2. The quantitative estimate of drug-likeness (QED) is 0.237. The van der Waals surface area contributed by atoms with Crippen molar-refractivity contribution < 1.29 is 18.7 Å². The number of carbonyl (C=O) groups is 1. The first-order valence-corrected chi connectivity index (χ1v) is 11.8. The van der Waals surface area contributed by atoms with Crippen LogP contribution >= 0.6 is 0 Å². The molecule has 0 spiro atoms. The van der Waals surface area contributed by atoms with Crippen LogP contribution in [0.2, 0.25) is 0 Å². The second-order valence-corrected chi connectivity index (χ2v) is 8.60. The summed E-state index contributed by atoms with van der Waals surface area (Å²) in [5, 5.41) is 6.63. The van der Waals surface area contributed by atoms with Crippen LogP contribution in [0.3, 0.4) is 0 Å². The van der Waals surface area contributed by atoms with Crippen LogP contribution in [-0.2, 0) is 16.1 Å². The third-order valence-corrected chi connectivity index (χ3v) is 6.37. The Morgan fingerprint density at radius 1 is 1.00 bits per heavy atom. The van der Waals surface area contributed by atoms with Crippen LogP contribution in [0.15, 0.2) is 93.3 Å². The molecule has 6 rings (SSSR count). The molecule has 0 saturated heterocycles. The summed E-state index contributed by atoms with van der Waals surface area (Å²) in [4.78, 5) is 30.3. The van der Waals surface area contributed by atoms with E-state index in [-0.39, 0.29) is 23.9 Å². The molecule has 3 aromatic heterocycles. The molecule has 0 N–H and O–H groups in total. The van der Waals surface area contributed by atoms with Gasteiger partial charge >= 0.3 is 5.97 Å². The minimum absolute atomic E-state index is 0.0500. The van der Waals surface area contributed by atoms with Gasteiger partial charge in [-0.1, -0.05) is 36.4 Å². The van der Waals surface area contributed by atoms with E-state index in [9.17, 15) is 9.59 Å². The second-order valence-electron chi connectivity index (χ2n) is 8.60. The second kappa shape index (κ2) is 9.36. The summed E-state index contributed by atoms with van der Waals surface area (Å²) in [6.45, 7) is 0.0500. The lowest BCUT2D eigenvalue weighted by Crippen LogP contribution is -2.20. The fourth-order valence-electron chi connectivity index (χ4n) is 4.55. The van der Waals surface area contributed by atoms with Gasteiger partial charge in [0.2, 0.25) is 5.82 Å². The first-order chi connectivity index (χ1) is 18.6. The lowest BCUT2D eigenvalue weighted by molar-refractivity contribution is -0.141. The number of furan rings is 1. The molecule has 188 valence electrons. The summed E-state index contributed by atoms with van der Waals surface area (Å²) in [5.74, 6) is 0.903. The highest BCUT2D eigenvalue weighted by molar-refractivity contribution is 6.00. The van der Waals surface area contributed by atoms with Crippen LogP contribution in [-0.4, -0.2) is 40.6 Å². The molecule has 3 heterocycles. The van der Waals surface area contributed by atoms with Crippen LogP contribution in [0.1, 0.15) is 5.56 Å². The highest BCUT2D eigenvalue weighted by Gasteiger charge is 2.18. The SMILES string of the molecule is COC(=O)Cn1cc(C=Nn2c(-c3cc4c(OC)cccc4o3)nc3ccccc3c2=O)c2ccccc21. The third-order valence-electron chi connectivity index (χ3n) is 6.37. The summed E-state index contributed by atoms with van der Waals surface area (Å²) in [5.41, 5.74) is 2.35. The number of nitrogens with zero attached hydrogens (tertiary/aromatic N) is 4. The van der Waals surface area contributed by atoms with Crippen LogP contribution in [0, 0.1) is 0 Å². The molecule has 0 atom stereocenters. The smallest absolute Gasteiger partial charge is 0.325 e. The van der Waals surface area contributed by atoms with Crippen LogP contribution in [0.5, 0.6) is 5.75 Å². The molecule has 9 heteroatoms. The van der Waals surface area contributed by atoms with E-state index < -0.39 is 0 Å². The summed E-state index contributed by atoms with van der Waals surface area (Å²) in [6.07, 6.45) is 3.39. The fourth-order valence-corrected chi connectivity index (χ4v) is 4.55.